The van der Waals surface area contributed by atoms with E-state index in [-0.39, 0.29) is 11.9 Å². The molecule has 0 N–H and O–H groups in total. The minimum absolute atomic E-state index is 0.204. The van der Waals surface area contributed by atoms with Crippen molar-refractivity contribution in [1.29, 1.82) is 0 Å². The lowest BCUT2D eigenvalue weighted by molar-refractivity contribution is -0.189. The Balaban J connectivity index is 4.18. The molecule has 0 amide bonds. The molecule has 0 aromatic heterocycles. The van der Waals surface area contributed by atoms with Crippen molar-refractivity contribution in [1.82, 2.24) is 0 Å². The third-order valence-electron chi connectivity index (χ3n) is 9.04. The maximum Gasteiger partial charge on any atom is 0.308 e. The summed E-state index contributed by atoms with van der Waals surface area (Å²) in [5, 5.41) is 0. The fraction of sp³-hybridized carbons (Fsp3) is 0.950. The van der Waals surface area contributed by atoms with Crippen molar-refractivity contribution in [3.8, 4) is 0 Å². The van der Waals surface area contributed by atoms with E-state index < -0.39 is 6.29 Å². The number of ether oxygens (including phenoxy) is 2. The predicted octanol–water partition coefficient (Wildman–Crippen LogP) is 13.7. The molecule has 0 aliphatic rings. The monoisotopic (exact) mass is 623 g/mol. The van der Waals surface area contributed by atoms with Crippen molar-refractivity contribution in [3.05, 3.63) is 0 Å². The molecule has 0 saturated carbocycles. The average molecular weight is 623 g/mol. The van der Waals surface area contributed by atoms with E-state index in [4.69, 9.17) is 9.47 Å². The van der Waals surface area contributed by atoms with E-state index in [2.05, 4.69) is 20.8 Å². The maximum atomic E-state index is 12.6. The van der Waals surface area contributed by atoms with E-state index in [1.54, 1.807) is 0 Å². The van der Waals surface area contributed by atoms with Crippen LogP contribution in [-0.2, 0) is 19.1 Å². The zero-order valence-electron chi connectivity index (χ0n) is 30.3. The number of rotatable bonds is 36. The van der Waals surface area contributed by atoms with Crippen LogP contribution in [0.15, 0.2) is 0 Å². The van der Waals surface area contributed by atoms with Crippen LogP contribution in [0, 0.1) is 0 Å². The van der Waals surface area contributed by atoms with E-state index >= 15 is 0 Å². The largest absolute Gasteiger partial charge is 0.425 e. The van der Waals surface area contributed by atoms with E-state index in [1.807, 2.05) is 0 Å². The third-order valence-corrected chi connectivity index (χ3v) is 9.04. The molecule has 0 aromatic carbocycles. The van der Waals surface area contributed by atoms with Crippen LogP contribution in [0.5, 0.6) is 0 Å². The third kappa shape index (κ3) is 33.8. The number of carbonyl (C=O) groups excluding carboxylic acids is 2. The van der Waals surface area contributed by atoms with Gasteiger partial charge in [0.1, 0.15) is 0 Å². The Kier molecular flexibility index (Phi) is 35.5. The number of carbonyl (C=O) groups is 2. The van der Waals surface area contributed by atoms with Crippen LogP contribution in [0.3, 0.4) is 0 Å². The highest BCUT2D eigenvalue weighted by Gasteiger charge is 2.18. The molecule has 0 unspecified atom stereocenters. The molecule has 0 radical (unpaired) electrons. The van der Waals surface area contributed by atoms with Crippen molar-refractivity contribution < 1.29 is 19.1 Å². The summed E-state index contributed by atoms with van der Waals surface area (Å²) in [6.45, 7) is 6.79. The Morgan fingerprint density at radius 2 is 0.568 bits per heavy atom. The van der Waals surface area contributed by atoms with Crippen molar-refractivity contribution in [2.24, 2.45) is 0 Å². The lowest BCUT2D eigenvalue weighted by Crippen LogP contribution is -2.24. The first-order valence-corrected chi connectivity index (χ1v) is 20.0. The van der Waals surface area contributed by atoms with Gasteiger partial charge < -0.3 is 9.47 Å². The summed E-state index contributed by atoms with van der Waals surface area (Å²) in [6.07, 6.45) is 39.7. The summed E-state index contributed by atoms with van der Waals surface area (Å²) in [6, 6.07) is 0. The van der Waals surface area contributed by atoms with Crippen molar-refractivity contribution in [3.63, 3.8) is 0 Å². The molecule has 0 heterocycles. The number of esters is 2. The Morgan fingerprint density at radius 3 is 0.841 bits per heavy atom. The van der Waals surface area contributed by atoms with Crippen LogP contribution in [0.4, 0.5) is 0 Å². The standard InChI is InChI=1S/C40H78O4/c1-4-7-10-13-16-19-21-24-26-29-32-35-38(41)43-40(37-34-31-28-23-18-15-12-9-6-3)44-39(42)36-33-30-27-25-22-20-17-14-11-8-5-2/h40H,4-37H2,1-3H3. The molecule has 262 valence electrons. The molecule has 0 aliphatic heterocycles. The van der Waals surface area contributed by atoms with Gasteiger partial charge in [-0.05, 0) is 19.3 Å². The van der Waals surface area contributed by atoms with Crippen molar-refractivity contribution >= 4 is 11.9 Å². The molecule has 4 nitrogen and oxygen atoms in total. The summed E-state index contributed by atoms with van der Waals surface area (Å²) in [5.74, 6) is -0.409. The Bertz CT molecular complexity index is 550. The Morgan fingerprint density at radius 1 is 0.341 bits per heavy atom. The van der Waals surface area contributed by atoms with Gasteiger partial charge in [0.15, 0.2) is 0 Å². The van der Waals surface area contributed by atoms with E-state index in [9.17, 15) is 9.59 Å². The van der Waals surface area contributed by atoms with Crippen molar-refractivity contribution in [2.45, 2.75) is 245 Å². The highest BCUT2D eigenvalue weighted by atomic mass is 16.7. The number of unbranched alkanes of at least 4 members (excludes halogenated alkanes) is 28. The zero-order chi connectivity index (χ0) is 32.2. The molecule has 0 aliphatic carbocycles. The van der Waals surface area contributed by atoms with Crippen LogP contribution in [0.25, 0.3) is 0 Å². The topological polar surface area (TPSA) is 52.6 Å². The summed E-state index contributed by atoms with van der Waals surface area (Å²) < 4.78 is 11.4. The molecule has 0 spiro atoms. The van der Waals surface area contributed by atoms with Crippen LogP contribution in [0.1, 0.15) is 239 Å². The van der Waals surface area contributed by atoms with Gasteiger partial charge >= 0.3 is 11.9 Å². The average Bonchev–Trinajstić information content (AvgIpc) is 3.01. The SMILES string of the molecule is CCCCCCCCCCCCCC(=O)OC(CCCCCCCCCCC)OC(=O)CCCCCCCCCCCCC. The molecule has 4 heteroatoms. The molecular weight excluding hydrogens is 544 g/mol. The Labute approximate surface area is 276 Å². The van der Waals surface area contributed by atoms with Crippen LogP contribution < -0.4 is 0 Å². The second-order valence-electron chi connectivity index (χ2n) is 13.6. The first-order valence-electron chi connectivity index (χ1n) is 20.0. The van der Waals surface area contributed by atoms with E-state index in [0.29, 0.717) is 19.3 Å². The highest BCUT2D eigenvalue weighted by molar-refractivity contribution is 5.71. The molecule has 0 fully saturated rings. The Hall–Kier alpha value is -1.06. The van der Waals surface area contributed by atoms with Crippen LogP contribution in [-0.4, -0.2) is 18.2 Å². The minimum atomic E-state index is -0.708. The fourth-order valence-electron chi connectivity index (χ4n) is 6.04. The van der Waals surface area contributed by atoms with Gasteiger partial charge in [0, 0.05) is 19.3 Å². The van der Waals surface area contributed by atoms with Gasteiger partial charge in [-0.2, -0.15) is 0 Å². The van der Waals surface area contributed by atoms with E-state index in [0.717, 1.165) is 38.5 Å². The first kappa shape index (κ1) is 42.9. The summed E-state index contributed by atoms with van der Waals surface area (Å²) in [5.41, 5.74) is 0. The van der Waals surface area contributed by atoms with Crippen LogP contribution >= 0.6 is 0 Å². The van der Waals surface area contributed by atoms with Crippen molar-refractivity contribution in [2.75, 3.05) is 0 Å². The van der Waals surface area contributed by atoms with Gasteiger partial charge in [-0.3, -0.25) is 9.59 Å². The van der Waals surface area contributed by atoms with Gasteiger partial charge in [0.25, 0.3) is 0 Å². The lowest BCUT2D eigenvalue weighted by atomic mass is 10.1. The molecule has 0 aromatic rings. The minimum Gasteiger partial charge on any atom is -0.425 e. The normalized spacial score (nSPS) is 11.4. The second kappa shape index (κ2) is 36.4. The molecular formula is C40H78O4. The van der Waals surface area contributed by atoms with Gasteiger partial charge in [0.2, 0.25) is 6.29 Å². The lowest BCUT2D eigenvalue weighted by Gasteiger charge is -2.18. The van der Waals surface area contributed by atoms with Gasteiger partial charge in [-0.15, -0.1) is 0 Å². The summed E-state index contributed by atoms with van der Waals surface area (Å²) in [4.78, 5) is 25.2. The zero-order valence-corrected chi connectivity index (χ0v) is 30.3. The number of hydrogen-bond donors (Lipinski definition) is 0. The summed E-state index contributed by atoms with van der Waals surface area (Å²) in [7, 11) is 0. The van der Waals surface area contributed by atoms with Gasteiger partial charge in [0.05, 0.1) is 0 Å². The van der Waals surface area contributed by atoms with E-state index in [1.165, 1.54) is 161 Å². The predicted molar refractivity (Wildman–Crippen MR) is 190 cm³/mol. The molecule has 44 heavy (non-hydrogen) atoms. The first-order chi connectivity index (χ1) is 21.6. The maximum absolute atomic E-state index is 12.6. The van der Waals surface area contributed by atoms with Crippen LogP contribution in [0.2, 0.25) is 0 Å². The molecule has 0 atom stereocenters. The molecule has 0 saturated heterocycles. The fourth-order valence-corrected chi connectivity index (χ4v) is 6.04. The second-order valence-corrected chi connectivity index (χ2v) is 13.6. The van der Waals surface area contributed by atoms with Gasteiger partial charge in [-0.25, -0.2) is 0 Å². The summed E-state index contributed by atoms with van der Waals surface area (Å²) >= 11 is 0. The quantitative estimate of drug-likeness (QED) is 0.0396. The highest BCUT2D eigenvalue weighted by Crippen LogP contribution is 2.17. The van der Waals surface area contributed by atoms with Gasteiger partial charge in [-0.1, -0.05) is 201 Å². The number of hydrogen-bond acceptors (Lipinski definition) is 4. The molecule has 0 rings (SSSR count). The smallest absolute Gasteiger partial charge is 0.308 e. The molecule has 0 bridgehead atoms.